The second-order valence-electron chi connectivity index (χ2n) is 11.4. The Morgan fingerprint density at radius 3 is 2.56 bits per heavy atom. The standard InChI is InChI=1S/C35H37N3O5/c1-26-14-16-29(17-15-26)32-23-30(36-43-32)33(39)38-20-22-42-35(25-38)18-8-7-12-28-11-5-6-13-31(28)41-21-19-37(34(35)40)24-27-9-3-2-4-10-27/h2-6,9-11,13-17,23H,7-8,12,18-22,24-25H2,1H3. The van der Waals surface area contributed by atoms with Crippen molar-refractivity contribution in [3.05, 3.63) is 107 Å². The number of fused-ring (bicyclic) bond motifs is 1. The first-order valence-corrected chi connectivity index (χ1v) is 15.0. The summed E-state index contributed by atoms with van der Waals surface area (Å²) in [7, 11) is 0. The number of hydrogen-bond acceptors (Lipinski definition) is 6. The van der Waals surface area contributed by atoms with Gasteiger partial charge in [-0.3, -0.25) is 9.59 Å². The SMILES string of the molecule is Cc1ccc(-c2cc(C(=O)N3CCOC4(CCCCc5ccccc5OCCN(Cc5ccccc5)C4=O)C3)no2)cc1. The highest BCUT2D eigenvalue weighted by molar-refractivity contribution is 5.94. The van der Waals surface area contributed by atoms with Gasteiger partial charge in [-0.1, -0.05) is 83.5 Å². The number of ether oxygens (including phenoxy) is 2. The lowest BCUT2D eigenvalue weighted by atomic mass is 9.90. The molecule has 2 aliphatic heterocycles. The molecule has 6 rings (SSSR count). The van der Waals surface area contributed by atoms with Crippen LogP contribution in [0.25, 0.3) is 11.3 Å². The van der Waals surface area contributed by atoms with E-state index in [0.717, 1.165) is 47.3 Å². The highest BCUT2D eigenvalue weighted by Crippen LogP contribution is 2.31. The fraction of sp³-hybridized carbons (Fsp3) is 0.343. The molecule has 2 aliphatic rings. The number of carbonyl (C=O) groups excluding carboxylic acids is 2. The summed E-state index contributed by atoms with van der Waals surface area (Å²) in [6.45, 7) is 3.98. The van der Waals surface area contributed by atoms with E-state index in [1.807, 2.05) is 84.6 Å². The fourth-order valence-electron chi connectivity index (χ4n) is 5.92. The minimum Gasteiger partial charge on any atom is -0.491 e. The molecule has 8 nitrogen and oxygen atoms in total. The van der Waals surface area contributed by atoms with Gasteiger partial charge in [-0.15, -0.1) is 0 Å². The van der Waals surface area contributed by atoms with Crippen molar-refractivity contribution in [2.45, 2.75) is 44.8 Å². The maximum absolute atomic E-state index is 14.5. The smallest absolute Gasteiger partial charge is 0.276 e. The molecule has 1 saturated heterocycles. The van der Waals surface area contributed by atoms with E-state index in [0.29, 0.717) is 38.4 Å². The number of nitrogens with zero attached hydrogens (tertiary/aromatic N) is 3. The number of benzene rings is 3. The van der Waals surface area contributed by atoms with Gasteiger partial charge in [0.25, 0.3) is 11.8 Å². The van der Waals surface area contributed by atoms with E-state index in [1.54, 1.807) is 11.0 Å². The van der Waals surface area contributed by atoms with Crippen LogP contribution in [0.3, 0.4) is 0 Å². The van der Waals surface area contributed by atoms with Crippen LogP contribution in [0.2, 0.25) is 0 Å². The first-order chi connectivity index (χ1) is 21.0. The molecule has 0 aliphatic carbocycles. The zero-order valence-electron chi connectivity index (χ0n) is 24.5. The van der Waals surface area contributed by atoms with Gasteiger partial charge < -0.3 is 23.8 Å². The first kappa shape index (κ1) is 28.7. The largest absolute Gasteiger partial charge is 0.491 e. The van der Waals surface area contributed by atoms with Crippen LogP contribution in [-0.2, 0) is 22.5 Å². The number of amides is 2. The molecule has 2 amide bonds. The van der Waals surface area contributed by atoms with Crippen LogP contribution < -0.4 is 4.74 Å². The van der Waals surface area contributed by atoms with E-state index in [-0.39, 0.29) is 30.7 Å². The van der Waals surface area contributed by atoms with Gasteiger partial charge in [0.1, 0.15) is 12.4 Å². The fourth-order valence-corrected chi connectivity index (χ4v) is 5.92. The number of morpholine rings is 1. The van der Waals surface area contributed by atoms with Crippen LogP contribution in [0, 0.1) is 6.92 Å². The lowest BCUT2D eigenvalue weighted by molar-refractivity contribution is -0.171. The van der Waals surface area contributed by atoms with Gasteiger partial charge in [-0.25, -0.2) is 0 Å². The van der Waals surface area contributed by atoms with Gasteiger partial charge in [-0.2, -0.15) is 0 Å². The molecule has 1 atom stereocenters. The third kappa shape index (κ3) is 6.49. The maximum atomic E-state index is 14.5. The number of rotatable bonds is 4. The van der Waals surface area contributed by atoms with E-state index in [9.17, 15) is 9.59 Å². The van der Waals surface area contributed by atoms with Crippen LogP contribution in [-0.4, -0.2) is 65.2 Å². The molecular weight excluding hydrogens is 542 g/mol. The normalized spacial score (nSPS) is 19.7. The summed E-state index contributed by atoms with van der Waals surface area (Å²) in [6, 6.07) is 27.6. The number of hydrogen-bond donors (Lipinski definition) is 0. The Balaban J connectivity index is 1.26. The molecule has 0 bridgehead atoms. The van der Waals surface area contributed by atoms with Crippen molar-refractivity contribution >= 4 is 11.8 Å². The van der Waals surface area contributed by atoms with Crippen LogP contribution in [0.15, 0.2) is 89.5 Å². The van der Waals surface area contributed by atoms with Gasteiger partial charge in [-0.05, 0) is 49.8 Å². The van der Waals surface area contributed by atoms with Crippen molar-refractivity contribution in [2.24, 2.45) is 0 Å². The van der Waals surface area contributed by atoms with Crippen molar-refractivity contribution in [3.8, 4) is 17.1 Å². The lowest BCUT2D eigenvalue weighted by Crippen LogP contribution is -2.62. The summed E-state index contributed by atoms with van der Waals surface area (Å²) in [5.74, 6) is 1.01. The molecule has 43 heavy (non-hydrogen) atoms. The number of aromatic nitrogens is 1. The monoisotopic (exact) mass is 579 g/mol. The number of aryl methyl sites for hydroxylation is 2. The molecule has 1 aromatic heterocycles. The summed E-state index contributed by atoms with van der Waals surface area (Å²) in [6.07, 6.45) is 2.99. The number of carbonyl (C=O) groups is 2. The van der Waals surface area contributed by atoms with Crippen molar-refractivity contribution in [3.63, 3.8) is 0 Å². The Kier molecular flexibility index (Phi) is 8.56. The summed E-state index contributed by atoms with van der Waals surface area (Å²) < 4.78 is 18.1. The molecule has 8 heteroatoms. The summed E-state index contributed by atoms with van der Waals surface area (Å²) in [4.78, 5) is 31.7. The second kappa shape index (κ2) is 12.8. The van der Waals surface area contributed by atoms with Crippen LogP contribution >= 0.6 is 0 Å². The van der Waals surface area contributed by atoms with Crippen LogP contribution in [0.4, 0.5) is 0 Å². The Hall–Kier alpha value is -4.43. The molecule has 1 spiro atoms. The first-order valence-electron chi connectivity index (χ1n) is 15.0. The topological polar surface area (TPSA) is 85.1 Å². The summed E-state index contributed by atoms with van der Waals surface area (Å²) in [5, 5.41) is 4.10. The Labute approximate surface area is 252 Å². The van der Waals surface area contributed by atoms with E-state index in [2.05, 4.69) is 11.2 Å². The highest BCUT2D eigenvalue weighted by atomic mass is 16.5. The third-order valence-corrected chi connectivity index (χ3v) is 8.30. The zero-order valence-corrected chi connectivity index (χ0v) is 24.5. The minimum atomic E-state index is -1.16. The number of para-hydroxylation sites is 1. The third-order valence-electron chi connectivity index (χ3n) is 8.30. The zero-order chi connectivity index (χ0) is 29.6. The maximum Gasteiger partial charge on any atom is 0.276 e. The van der Waals surface area contributed by atoms with Gasteiger partial charge in [0.05, 0.1) is 19.7 Å². The van der Waals surface area contributed by atoms with Gasteiger partial charge in [0.15, 0.2) is 17.1 Å². The van der Waals surface area contributed by atoms with Gasteiger partial charge in [0, 0.05) is 24.7 Å². The van der Waals surface area contributed by atoms with Crippen LogP contribution in [0.1, 0.15) is 46.4 Å². The predicted molar refractivity (Wildman–Crippen MR) is 163 cm³/mol. The van der Waals surface area contributed by atoms with E-state index >= 15 is 0 Å². The Morgan fingerprint density at radius 1 is 0.930 bits per heavy atom. The molecule has 1 unspecified atom stereocenters. The predicted octanol–water partition coefficient (Wildman–Crippen LogP) is 5.70. The molecule has 0 radical (unpaired) electrons. The molecule has 0 saturated carbocycles. The quantitative estimate of drug-likeness (QED) is 0.309. The highest BCUT2D eigenvalue weighted by Gasteiger charge is 2.47. The van der Waals surface area contributed by atoms with Crippen molar-refractivity contribution < 1.29 is 23.6 Å². The van der Waals surface area contributed by atoms with E-state index < -0.39 is 5.60 Å². The van der Waals surface area contributed by atoms with Crippen molar-refractivity contribution in [2.75, 3.05) is 32.8 Å². The molecular formula is C35H37N3O5. The van der Waals surface area contributed by atoms with E-state index in [1.165, 1.54) is 0 Å². The van der Waals surface area contributed by atoms with Gasteiger partial charge >= 0.3 is 0 Å². The molecule has 0 N–H and O–H groups in total. The van der Waals surface area contributed by atoms with Crippen molar-refractivity contribution in [1.29, 1.82) is 0 Å². The average molecular weight is 580 g/mol. The summed E-state index contributed by atoms with van der Waals surface area (Å²) in [5.41, 5.74) is 3.23. The second-order valence-corrected chi connectivity index (χ2v) is 11.4. The van der Waals surface area contributed by atoms with Crippen molar-refractivity contribution in [1.82, 2.24) is 15.0 Å². The Morgan fingerprint density at radius 2 is 1.72 bits per heavy atom. The summed E-state index contributed by atoms with van der Waals surface area (Å²) >= 11 is 0. The molecule has 3 aromatic carbocycles. The average Bonchev–Trinajstić information content (AvgIpc) is 3.53. The minimum absolute atomic E-state index is 0.119. The van der Waals surface area contributed by atoms with Crippen LogP contribution in [0.5, 0.6) is 5.75 Å². The Bertz CT molecular complexity index is 1550. The van der Waals surface area contributed by atoms with E-state index in [4.69, 9.17) is 14.0 Å². The van der Waals surface area contributed by atoms with Gasteiger partial charge in [0.2, 0.25) is 0 Å². The molecule has 1 fully saturated rings. The lowest BCUT2D eigenvalue weighted by Gasteiger charge is -2.44. The molecule has 3 heterocycles. The molecule has 222 valence electrons. The molecule has 4 aromatic rings.